The van der Waals surface area contributed by atoms with Crippen LogP contribution in [-0.4, -0.2) is 16.5 Å². The fourth-order valence-corrected chi connectivity index (χ4v) is 2.05. The molecule has 2 N–H and O–H groups in total. The molecule has 1 fully saturated rings. The number of rotatable bonds is 2. The molecule has 1 saturated heterocycles. The van der Waals surface area contributed by atoms with Gasteiger partial charge in [0.05, 0.1) is 0 Å². The molecule has 0 aromatic heterocycles. The smallest absolute Gasteiger partial charge is 0.288 e. The van der Waals surface area contributed by atoms with Gasteiger partial charge in [-0.3, -0.25) is 14.9 Å². The highest BCUT2D eigenvalue weighted by Gasteiger charge is 2.31. The summed E-state index contributed by atoms with van der Waals surface area (Å²) in [5.41, 5.74) is 1.92. The Labute approximate surface area is 91.4 Å². The third-order valence-corrected chi connectivity index (χ3v) is 3.00. The molecular formula is C10H10N2O2S. The zero-order chi connectivity index (χ0) is 10.8. The number of hydrogen-bond donors (Lipinski definition) is 2. The lowest BCUT2D eigenvalue weighted by molar-refractivity contribution is -0.118. The summed E-state index contributed by atoms with van der Waals surface area (Å²) in [7, 11) is 0. The van der Waals surface area contributed by atoms with Gasteiger partial charge in [0.1, 0.15) is 0 Å². The van der Waals surface area contributed by atoms with Gasteiger partial charge in [-0.15, -0.1) is 0 Å². The normalized spacial score (nSPS) is 20.2. The van der Waals surface area contributed by atoms with Crippen molar-refractivity contribution in [3.63, 3.8) is 0 Å². The van der Waals surface area contributed by atoms with E-state index in [-0.39, 0.29) is 11.1 Å². The van der Waals surface area contributed by atoms with E-state index in [1.807, 2.05) is 31.2 Å². The fraction of sp³-hybridized carbons (Fsp3) is 0.200. The van der Waals surface area contributed by atoms with Gasteiger partial charge in [0.25, 0.3) is 11.1 Å². The lowest BCUT2D eigenvalue weighted by atomic mass is 10.2. The Morgan fingerprint density at radius 1 is 1.33 bits per heavy atom. The minimum Gasteiger partial charge on any atom is -0.365 e. The van der Waals surface area contributed by atoms with E-state index >= 15 is 0 Å². The first-order chi connectivity index (χ1) is 7.16. The predicted octanol–water partition coefficient (Wildman–Crippen LogP) is 1.72. The number of para-hydroxylation sites is 1. The molecule has 1 atom stereocenters. The molecule has 4 nitrogen and oxygen atoms in total. The van der Waals surface area contributed by atoms with E-state index in [0.717, 1.165) is 23.0 Å². The molecule has 0 radical (unpaired) electrons. The van der Waals surface area contributed by atoms with Gasteiger partial charge < -0.3 is 5.32 Å². The Hall–Kier alpha value is -1.49. The van der Waals surface area contributed by atoms with Crippen LogP contribution in [0.3, 0.4) is 0 Å². The first-order valence-corrected chi connectivity index (χ1v) is 5.38. The van der Waals surface area contributed by atoms with Crippen LogP contribution in [0.15, 0.2) is 24.3 Å². The number of thioether (sulfide) groups is 1. The third kappa shape index (κ3) is 2.12. The van der Waals surface area contributed by atoms with Crippen LogP contribution in [-0.2, 0) is 4.79 Å². The monoisotopic (exact) mass is 222 g/mol. The van der Waals surface area contributed by atoms with Gasteiger partial charge in [-0.25, -0.2) is 0 Å². The quantitative estimate of drug-likeness (QED) is 0.800. The van der Waals surface area contributed by atoms with Crippen molar-refractivity contribution < 1.29 is 9.59 Å². The number of hydrogen-bond acceptors (Lipinski definition) is 4. The Morgan fingerprint density at radius 2 is 2.07 bits per heavy atom. The molecule has 78 valence electrons. The van der Waals surface area contributed by atoms with Crippen LogP contribution in [0.4, 0.5) is 10.5 Å². The van der Waals surface area contributed by atoms with Crippen molar-refractivity contribution in [1.82, 2.24) is 5.32 Å². The van der Waals surface area contributed by atoms with Crippen molar-refractivity contribution in [2.75, 3.05) is 5.32 Å². The molecule has 5 heteroatoms. The van der Waals surface area contributed by atoms with Crippen LogP contribution in [0.5, 0.6) is 0 Å². The van der Waals surface area contributed by atoms with E-state index in [4.69, 9.17) is 0 Å². The van der Waals surface area contributed by atoms with E-state index in [2.05, 4.69) is 10.6 Å². The Kier molecular flexibility index (Phi) is 2.64. The van der Waals surface area contributed by atoms with E-state index < -0.39 is 5.37 Å². The second kappa shape index (κ2) is 3.94. The van der Waals surface area contributed by atoms with E-state index in [0.29, 0.717) is 0 Å². The minimum absolute atomic E-state index is 0.284. The molecule has 0 aliphatic carbocycles. The molecule has 0 bridgehead atoms. The van der Waals surface area contributed by atoms with Crippen molar-refractivity contribution in [3.8, 4) is 0 Å². The molecule has 1 aliphatic rings. The lowest BCUT2D eigenvalue weighted by Crippen LogP contribution is -2.29. The lowest BCUT2D eigenvalue weighted by Gasteiger charge is -2.11. The van der Waals surface area contributed by atoms with Crippen LogP contribution < -0.4 is 10.6 Å². The van der Waals surface area contributed by atoms with Gasteiger partial charge in [0.15, 0.2) is 5.37 Å². The fourth-order valence-electron chi connectivity index (χ4n) is 1.33. The van der Waals surface area contributed by atoms with Crippen LogP contribution in [0.1, 0.15) is 5.56 Å². The summed E-state index contributed by atoms with van der Waals surface area (Å²) in [6, 6.07) is 7.63. The van der Waals surface area contributed by atoms with E-state index in [1.165, 1.54) is 0 Å². The number of anilines is 1. The topological polar surface area (TPSA) is 58.2 Å². The Morgan fingerprint density at radius 3 is 2.67 bits per heavy atom. The molecule has 2 rings (SSSR count). The number of aryl methyl sites for hydroxylation is 1. The molecule has 2 amide bonds. The summed E-state index contributed by atoms with van der Waals surface area (Å²) < 4.78 is 0. The number of nitrogens with one attached hydrogen (secondary N) is 2. The summed E-state index contributed by atoms with van der Waals surface area (Å²) in [6.07, 6.45) is 0. The van der Waals surface area contributed by atoms with Crippen molar-refractivity contribution in [2.24, 2.45) is 0 Å². The number of carbonyl (C=O) groups is 2. The van der Waals surface area contributed by atoms with Crippen LogP contribution in [0.2, 0.25) is 0 Å². The van der Waals surface area contributed by atoms with E-state index in [1.54, 1.807) is 0 Å². The van der Waals surface area contributed by atoms with Gasteiger partial charge in [0.2, 0.25) is 0 Å². The summed E-state index contributed by atoms with van der Waals surface area (Å²) in [4.78, 5) is 22.2. The summed E-state index contributed by atoms with van der Waals surface area (Å²) in [5, 5.41) is 4.43. The van der Waals surface area contributed by atoms with Crippen LogP contribution >= 0.6 is 11.8 Å². The molecular weight excluding hydrogens is 212 g/mol. The average Bonchev–Trinajstić information content (AvgIpc) is 2.49. The van der Waals surface area contributed by atoms with Crippen LogP contribution in [0, 0.1) is 6.92 Å². The number of carbonyl (C=O) groups excluding carboxylic acids is 2. The average molecular weight is 222 g/mol. The summed E-state index contributed by atoms with van der Waals surface area (Å²) >= 11 is 0.967. The SMILES string of the molecule is Cc1ccccc1N[C@H]1SC(=O)NC1=O. The zero-order valence-corrected chi connectivity index (χ0v) is 8.93. The second-order valence-corrected chi connectivity index (χ2v) is 4.31. The molecule has 1 aromatic rings. The summed E-state index contributed by atoms with van der Waals surface area (Å²) in [5.74, 6) is -0.284. The highest BCUT2D eigenvalue weighted by Crippen LogP contribution is 2.23. The van der Waals surface area contributed by atoms with Crippen molar-refractivity contribution in [1.29, 1.82) is 0 Å². The number of imide groups is 1. The first kappa shape index (κ1) is 10.0. The van der Waals surface area contributed by atoms with E-state index in [9.17, 15) is 9.59 Å². The largest absolute Gasteiger partial charge is 0.365 e. The standard InChI is InChI=1S/C10H10N2O2S/c1-6-4-2-3-5-7(6)11-9-8(13)12-10(14)15-9/h2-5,9,11H,1H3,(H,12,13,14)/t9-/m0/s1. The maximum atomic E-state index is 11.3. The maximum absolute atomic E-state index is 11.3. The highest BCUT2D eigenvalue weighted by molar-refractivity contribution is 8.15. The Bertz CT molecular complexity index is 420. The van der Waals surface area contributed by atoms with Gasteiger partial charge >= 0.3 is 0 Å². The van der Waals surface area contributed by atoms with Crippen molar-refractivity contribution in [2.45, 2.75) is 12.3 Å². The van der Waals surface area contributed by atoms with Gasteiger partial charge in [-0.1, -0.05) is 18.2 Å². The number of amides is 2. The molecule has 15 heavy (non-hydrogen) atoms. The maximum Gasteiger partial charge on any atom is 0.288 e. The van der Waals surface area contributed by atoms with Crippen LogP contribution in [0.25, 0.3) is 0 Å². The molecule has 1 heterocycles. The first-order valence-electron chi connectivity index (χ1n) is 4.50. The van der Waals surface area contributed by atoms with Crippen molar-refractivity contribution >= 4 is 28.6 Å². The molecule has 1 aliphatic heterocycles. The minimum atomic E-state index is -0.515. The number of benzene rings is 1. The molecule has 0 saturated carbocycles. The van der Waals surface area contributed by atoms with Crippen molar-refractivity contribution in [3.05, 3.63) is 29.8 Å². The third-order valence-electron chi connectivity index (χ3n) is 2.12. The van der Waals surface area contributed by atoms with Gasteiger partial charge in [-0.2, -0.15) is 0 Å². The highest BCUT2D eigenvalue weighted by atomic mass is 32.2. The summed E-state index contributed by atoms with van der Waals surface area (Å²) in [6.45, 7) is 1.95. The molecule has 1 aromatic carbocycles. The Balaban J connectivity index is 2.13. The zero-order valence-electron chi connectivity index (χ0n) is 8.11. The second-order valence-electron chi connectivity index (χ2n) is 3.23. The molecule has 0 unspecified atom stereocenters. The van der Waals surface area contributed by atoms with Gasteiger partial charge in [-0.05, 0) is 30.3 Å². The molecule has 0 spiro atoms. The predicted molar refractivity (Wildman–Crippen MR) is 59.7 cm³/mol. The van der Waals surface area contributed by atoms with Gasteiger partial charge in [0, 0.05) is 5.69 Å².